The average molecular weight is 260 g/mol. The van der Waals surface area contributed by atoms with Gasteiger partial charge in [-0.3, -0.25) is 4.90 Å². The molecule has 0 aromatic heterocycles. The van der Waals surface area contributed by atoms with Gasteiger partial charge in [0, 0.05) is 24.3 Å². The molecule has 1 saturated carbocycles. The van der Waals surface area contributed by atoms with Crippen molar-refractivity contribution < 1.29 is 0 Å². The topological polar surface area (TPSA) is 15.3 Å². The molecule has 0 spiro atoms. The second-order valence-electron chi connectivity index (χ2n) is 6.25. The number of anilines is 1. The average Bonchev–Trinajstić information content (AvgIpc) is 3.22. The highest BCUT2D eigenvalue weighted by Gasteiger charge is 2.31. The van der Waals surface area contributed by atoms with Crippen LogP contribution in [-0.4, -0.2) is 30.1 Å². The van der Waals surface area contributed by atoms with E-state index in [-0.39, 0.29) is 0 Å². The molecular formula is C17H28N2. The lowest BCUT2D eigenvalue weighted by molar-refractivity contribution is 0.195. The van der Waals surface area contributed by atoms with Gasteiger partial charge in [0.1, 0.15) is 0 Å². The summed E-state index contributed by atoms with van der Waals surface area (Å²) in [7, 11) is 0. The first-order valence-electron chi connectivity index (χ1n) is 7.71. The van der Waals surface area contributed by atoms with Crippen molar-refractivity contribution in [3.63, 3.8) is 0 Å². The first-order chi connectivity index (χ1) is 9.16. The summed E-state index contributed by atoms with van der Waals surface area (Å²) in [5.74, 6) is 0.801. The molecule has 0 bridgehead atoms. The van der Waals surface area contributed by atoms with Gasteiger partial charge in [0.2, 0.25) is 0 Å². The Morgan fingerprint density at radius 1 is 1.16 bits per heavy atom. The molecule has 106 valence electrons. The van der Waals surface area contributed by atoms with Gasteiger partial charge in [0.05, 0.1) is 0 Å². The van der Waals surface area contributed by atoms with E-state index in [1.54, 1.807) is 0 Å². The van der Waals surface area contributed by atoms with E-state index >= 15 is 0 Å². The Bertz CT molecular complexity index is 357. The van der Waals surface area contributed by atoms with E-state index in [2.05, 4.69) is 61.3 Å². The molecule has 0 amide bonds. The molecule has 1 unspecified atom stereocenters. The quantitative estimate of drug-likeness (QED) is 0.760. The zero-order chi connectivity index (χ0) is 13.7. The van der Waals surface area contributed by atoms with Crippen LogP contribution < -0.4 is 5.32 Å². The summed E-state index contributed by atoms with van der Waals surface area (Å²) in [6.07, 6.45) is 4.10. The number of rotatable bonds is 8. The molecule has 1 aromatic carbocycles. The Balaban J connectivity index is 1.80. The Morgan fingerprint density at radius 2 is 1.84 bits per heavy atom. The third-order valence-corrected chi connectivity index (χ3v) is 3.92. The highest BCUT2D eigenvalue weighted by Crippen LogP contribution is 2.29. The minimum Gasteiger partial charge on any atom is -0.383 e. The van der Waals surface area contributed by atoms with Crippen LogP contribution in [0.4, 0.5) is 5.69 Å². The molecular weight excluding hydrogens is 232 g/mol. The predicted octanol–water partition coefficient (Wildman–Crippen LogP) is 4.00. The highest BCUT2D eigenvalue weighted by molar-refractivity contribution is 5.42. The van der Waals surface area contributed by atoms with Crippen LogP contribution in [0.25, 0.3) is 0 Å². The zero-order valence-corrected chi connectivity index (χ0v) is 12.6. The van der Waals surface area contributed by atoms with Crippen molar-refractivity contribution in [2.75, 3.05) is 18.4 Å². The van der Waals surface area contributed by atoms with Crippen LogP contribution in [0.5, 0.6) is 0 Å². The fraction of sp³-hybridized carbons (Fsp3) is 0.647. The van der Waals surface area contributed by atoms with Crippen molar-refractivity contribution in [2.45, 2.75) is 52.1 Å². The van der Waals surface area contributed by atoms with Gasteiger partial charge >= 0.3 is 0 Å². The molecule has 0 aliphatic heterocycles. The lowest BCUT2D eigenvalue weighted by Crippen LogP contribution is -2.40. The van der Waals surface area contributed by atoms with Crippen LogP contribution in [0.1, 0.15) is 40.0 Å². The van der Waals surface area contributed by atoms with E-state index in [1.807, 2.05) is 0 Å². The molecule has 0 radical (unpaired) electrons. The largest absolute Gasteiger partial charge is 0.383 e. The molecule has 2 nitrogen and oxygen atoms in total. The van der Waals surface area contributed by atoms with E-state index in [9.17, 15) is 0 Å². The van der Waals surface area contributed by atoms with Crippen molar-refractivity contribution in [1.29, 1.82) is 0 Å². The van der Waals surface area contributed by atoms with Gasteiger partial charge in [0.15, 0.2) is 0 Å². The van der Waals surface area contributed by atoms with Crippen molar-refractivity contribution in [3.8, 4) is 0 Å². The lowest BCUT2D eigenvalue weighted by Gasteiger charge is -2.30. The van der Waals surface area contributed by atoms with Crippen LogP contribution >= 0.6 is 0 Å². The molecule has 0 heterocycles. The van der Waals surface area contributed by atoms with Crippen LogP contribution in [0.15, 0.2) is 30.3 Å². The number of hydrogen-bond acceptors (Lipinski definition) is 2. The SMILES string of the molecule is CC(C)CCN(C(C)CNc1ccccc1)C1CC1. The first kappa shape index (κ1) is 14.4. The van der Waals surface area contributed by atoms with Crippen LogP contribution in [-0.2, 0) is 0 Å². The Labute approximate surface area is 118 Å². The van der Waals surface area contributed by atoms with Crippen molar-refractivity contribution in [3.05, 3.63) is 30.3 Å². The van der Waals surface area contributed by atoms with Gasteiger partial charge < -0.3 is 5.32 Å². The van der Waals surface area contributed by atoms with E-state index < -0.39 is 0 Å². The molecule has 1 atom stereocenters. The Kier molecular flexibility index (Phi) is 5.26. The second-order valence-corrected chi connectivity index (χ2v) is 6.25. The molecule has 1 aliphatic carbocycles. The van der Waals surface area contributed by atoms with Gasteiger partial charge in [-0.25, -0.2) is 0 Å². The van der Waals surface area contributed by atoms with Crippen molar-refractivity contribution in [2.24, 2.45) is 5.92 Å². The van der Waals surface area contributed by atoms with E-state index in [0.29, 0.717) is 6.04 Å². The fourth-order valence-corrected chi connectivity index (χ4v) is 2.52. The first-order valence-corrected chi connectivity index (χ1v) is 7.71. The Morgan fingerprint density at radius 3 is 2.42 bits per heavy atom. The predicted molar refractivity (Wildman–Crippen MR) is 83.6 cm³/mol. The normalized spacial score (nSPS) is 16.9. The van der Waals surface area contributed by atoms with Gasteiger partial charge in [-0.2, -0.15) is 0 Å². The second kappa shape index (κ2) is 6.95. The maximum atomic E-state index is 3.55. The fourth-order valence-electron chi connectivity index (χ4n) is 2.52. The summed E-state index contributed by atoms with van der Waals surface area (Å²) in [4.78, 5) is 2.70. The molecule has 2 rings (SSSR count). The maximum absolute atomic E-state index is 3.55. The third-order valence-electron chi connectivity index (χ3n) is 3.92. The highest BCUT2D eigenvalue weighted by atomic mass is 15.2. The van der Waals surface area contributed by atoms with Gasteiger partial charge in [-0.1, -0.05) is 32.0 Å². The Hall–Kier alpha value is -1.02. The number of hydrogen-bond donors (Lipinski definition) is 1. The van der Waals surface area contributed by atoms with E-state index in [0.717, 1.165) is 18.5 Å². The number of nitrogens with one attached hydrogen (secondary N) is 1. The van der Waals surface area contributed by atoms with Crippen molar-refractivity contribution in [1.82, 2.24) is 4.90 Å². The minimum atomic E-state index is 0.617. The van der Waals surface area contributed by atoms with E-state index in [1.165, 1.54) is 31.5 Å². The minimum absolute atomic E-state index is 0.617. The standard InChI is InChI=1S/C17H28N2/c1-14(2)11-12-19(17-9-10-17)15(3)13-18-16-7-5-4-6-8-16/h4-8,14-15,17-18H,9-13H2,1-3H3. The summed E-state index contributed by atoms with van der Waals surface area (Å²) < 4.78 is 0. The molecule has 0 saturated heterocycles. The summed E-state index contributed by atoms with van der Waals surface area (Å²) in [6, 6.07) is 12.0. The molecule has 1 N–H and O–H groups in total. The van der Waals surface area contributed by atoms with Crippen LogP contribution in [0.3, 0.4) is 0 Å². The van der Waals surface area contributed by atoms with Crippen LogP contribution in [0.2, 0.25) is 0 Å². The summed E-state index contributed by atoms with van der Waals surface area (Å²) >= 11 is 0. The monoisotopic (exact) mass is 260 g/mol. The third kappa shape index (κ3) is 4.87. The number of para-hydroxylation sites is 1. The van der Waals surface area contributed by atoms with Crippen LogP contribution in [0, 0.1) is 5.92 Å². The van der Waals surface area contributed by atoms with Crippen molar-refractivity contribution >= 4 is 5.69 Å². The van der Waals surface area contributed by atoms with E-state index in [4.69, 9.17) is 0 Å². The summed E-state index contributed by atoms with van der Waals surface area (Å²) in [5, 5.41) is 3.55. The van der Waals surface area contributed by atoms with Gasteiger partial charge in [0.25, 0.3) is 0 Å². The van der Waals surface area contributed by atoms with Gasteiger partial charge in [-0.05, 0) is 50.8 Å². The smallest absolute Gasteiger partial charge is 0.0340 e. The lowest BCUT2D eigenvalue weighted by atomic mass is 10.1. The zero-order valence-electron chi connectivity index (χ0n) is 12.6. The molecule has 2 heteroatoms. The number of nitrogens with zero attached hydrogens (tertiary/aromatic N) is 1. The van der Waals surface area contributed by atoms with Gasteiger partial charge in [-0.15, -0.1) is 0 Å². The molecule has 1 aliphatic rings. The molecule has 1 aromatic rings. The maximum Gasteiger partial charge on any atom is 0.0340 e. The summed E-state index contributed by atoms with van der Waals surface area (Å²) in [6.45, 7) is 9.28. The number of benzene rings is 1. The summed E-state index contributed by atoms with van der Waals surface area (Å²) in [5.41, 5.74) is 1.23. The molecule has 1 fully saturated rings. The molecule has 19 heavy (non-hydrogen) atoms.